The van der Waals surface area contributed by atoms with Gasteiger partial charge in [0.25, 0.3) is 0 Å². The Hall–Kier alpha value is -4.09. The van der Waals surface area contributed by atoms with E-state index in [2.05, 4.69) is 84.6 Å². The van der Waals surface area contributed by atoms with Gasteiger partial charge in [0.15, 0.2) is 0 Å². The number of nitrogens with zero attached hydrogens (tertiary/aromatic N) is 2. The molecule has 0 spiro atoms. The smallest absolute Gasteiger partial charge is 0.410 e. The second-order valence-electron chi connectivity index (χ2n) is 13.3. The van der Waals surface area contributed by atoms with Crippen LogP contribution in [0.1, 0.15) is 50.3 Å². The van der Waals surface area contributed by atoms with Gasteiger partial charge in [0.1, 0.15) is 5.60 Å². The van der Waals surface area contributed by atoms with E-state index in [0.717, 1.165) is 32.4 Å². The molecule has 7 rings (SSSR count). The molecule has 1 fully saturated rings. The minimum atomic E-state index is -0.500. The number of anilines is 1. The fraction of sp³-hybridized carbons (Fsp3) is 0.342. The maximum Gasteiger partial charge on any atom is 0.410 e. The molecule has 3 aliphatic rings. The summed E-state index contributed by atoms with van der Waals surface area (Å²) in [6.45, 7) is 10.8. The Kier molecular flexibility index (Phi) is 6.81. The number of nitrogens with two attached hydrogens (primary N) is 1. The third-order valence-corrected chi connectivity index (χ3v) is 9.34. The minimum Gasteiger partial charge on any atom is -0.444 e. The van der Waals surface area contributed by atoms with Gasteiger partial charge in [-0.1, -0.05) is 72.8 Å². The zero-order valence-electron chi connectivity index (χ0n) is 25.7. The maximum atomic E-state index is 12.8. The highest BCUT2D eigenvalue weighted by Gasteiger charge is 2.29. The summed E-state index contributed by atoms with van der Waals surface area (Å²) in [5, 5.41) is 5.15. The van der Waals surface area contributed by atoms with Gasteiger partial charge in [-0.2, -0.15) is 0 Å². The second kappa shape index (κ2) is 10.6. The highest BCUT2D eigenvalue weighted by atomic mass is 16.6. The Morgan fingerprint density at radius 3 is 2.40 bits per heavy atom. The van der Waals surface area contributed by atoms with E-state index < -0.39 is 5.60 Å². The lowest BCUT2D eigenvalue weighted by atomic mass is 9.76. The van der Waals surface area contributed by atoms with Crippen LogP contribution in [-0.4, -0.2) is 48.8 Å². The molecule has 4 aromatic rings. The molecule has 5 nitrogen and oxygen atoms in total. The number of hydrogen-bond donors (Lipinski definition) is 1. The number of ether oxygens (including phenoxy) is 1. The highest BCUT2D eigenvalue weighted by molar-refractivity contribution is 6.09. The summed E-state index contributed by atoms with van der Waals surface area (Å²) in [6.07, 6.45) is 7.28. The number of carbonyl (C=O) groups excluding carboxylic acids is 1. The van der Waals surface area contributed by atoms with Crippen LogP contribution in [0.25, 0.3) is 38.2 Å². The Morgan fingerprint density at radius 1 is 0.860 bits per heavy atom. The van der Waals surface area contributed by atoms with E-state index >= 15 is 0 Å². The van der Waals surface area contributed by atoms with Gasteiger partial charge in [-0.15, -0.1) is 0 Å². The Labute approximate surface area is 254 Å². The lowest BCUT2D eigenvalue weighted by molar-refractivity contribution is 0.0241. The summed E-state index contributed by atoms with van der Waals surface area (Å²) in [7, 11) is 0. The summed E-state index contributed by atoms with van der Waals surface area (Å²) < 4.78 is 5.68. The largest absolute Gasteiger partial charge is 0.444 e. The number of carbonyl (C=O) groups is 1. The molecule has 1 aliphatic heterocycles. The van der Waals surface area contributed by atoms with E-state index in [-0.39, 0.29) is 12.1 Å². The topological polar surface area (TPSA) is 58.8 Å². The summed E-state index contributed by atoms with van der Waals surface area (Å²) in [4.78, 5) is 17.1. The van der Waals surface area contributed by atoms with E-state index in [9.17, 15) is 4.79 Å². The molecule has 220 valence electrons. The standard InChI is InChI=1S/C38H41N3O2/c1-24-12-14-29(32-18-16-28-27-10-7-11-34(39)30(27)17-19-31(28)35(24)32)33-15-13-25-8-5-6-9-26(25)36(33)40-20-22-41(23-21-40)37(42)43-38(2,3)4/h5-10,12-16,18,34H,11,17,19-23,39H2,1-4H3. The van der Waals surface area contributed by atoms with Gasteiger partial charge in [-0.05, 0) is 96.5 Å². The van der Waals surface area contributed by atoms with Crippen LogP contribution in [0.5, 0.6) is 0 Å². The quantitative estimate of drug-likeness (QED) is 0.265. The van der Waals surface area contributed by atoms with Crippen molar-refractivity contribution in [1.82, 2.24) is 4.90 Å². The molecule has 0 radical (unpaired) electrons. The van der Waals surface area contributed by atoms with Crippen molar-refractivity contribution < 1.29 is 9.53 Å². The van der Waals surface area contributed by atoms with Crippen LogP contribution in [0.15, 0.2) is 78.4 Å². The number of aryl methyl sites for hydroxylation is 2. The van der Waals surface area contributed by atoms with Crippen LogP contribution in [0.4, 0.5) is 10.5 Å². The monoisotopic (exact) mass is 571 g/mol. The van der Waals surface area contributed by atoms with Crippen molar-refractivity contribution in [2.45, 2.75) is 58.6 Å². The van der Waals surface area contributed by atoms with Gasteiger partial charge >= 0.3 is 6.09 Å². The molecule has 2 N–H and O–H groups in total. The maximum absolute atomic E-state index is 12.8. The zero-order chi connectivity index (χ0) is 29.9. The number of amides is 1. The van der Waals surface area contributed by atoms with E-state index in [1.54, 1.807) is 0 Å². The average molecular weight is 572 g/mol. The Morgan fingerprint density at radius 2 is 1.60 bits per heavy atom. The normalized spacial score (nSPS) is 18.7. The number of allylic oxidation sites excluding steroid dienone is 2. The van der Waals surface area contributed by atoms with E-state index in [0.29, 0.717) is 13.1 Å². The average Bonchev–Trinajstić information content (AvgIpc) is 3.00. The van der Waals surface area contributed by atoms with Gasteiger partial charge < -0.3 is 20.3 Å². The number of rotatable bonds is 2. The van der Waals surface area contributed by atoms with Crippen molar-refractivity contribution in [2.75, 3.05) is 31.1 Å². The lowest BCUT2D eigenvalue weighted by Crippen LogP contribution is -2.50. The molecule has 0 bridgehead atoms. The van der Waals surface area contributed by atoms with E-state index in [1.807, 2.05) is 25.7 Å². The molecule has 1 saturated heterocycles. The zero-order valence-corrected chi connectivity index (χ0v) is 25.7. The second-order valence-corrected chi connectivity index (χ2v) is 13.3. The predicted octanol–water partition coefficient (Wildman–Crippen LogP) is 8.01. The van der Waals surface area contributed by atoms with E-state index in [4.69, 9.17) is 10.5 Å². The molecule has 2 aliphatic carbocycles. The van der Waals surface area contributed by atoms with Crippen molar-refractivity contribution in [3.8, 4) is 11.1 Å². The first kappa shape index (κ1) is 27.7. The fourth-order valence-electron chi connectivity index (χ4n) is 7.33. The fourth-order valence-corrected chi connectivity index (χ4v) is 7.33. The molecular weight excluding hydrogens is 530 g/mol. The number of piperazine rings is 1. The first-order chi connectivity index (χ1) is 20.7. The molecule has 43 heavy (non-hydrogen) atoms. The van der Waals surface area contributed by atoms with E-state index in [1.165, 1.54) is 66.2 Å². The molecule has 1 atom stereocenters. The van der Waals surface area contributed by atoms with Gasteiger partial charge in [-0.3, -0.25) is 0 Å². The van der Waals surface area contributed by atoms with Crippen LogP contribution in [-0.2, 0) is 11.2 Å². The Bertz CT molecular complexity index is 1820. The first-order valence-corrected chi connectivity index (χ1v) is 15.7. The van der Waals surface area contributed by atoms with Crippen LogP contribution >= 0.6 is 0 Å². The van der Waals surface area contributed by atoms with Gasteiger partial charge in [0.05, 0.1) is 5.69 Å². The van der Waals surface area contributed by atoms with Crippen LogP contribution in [0.2, 0.25) is 0 Å². The van der Waals surface area contributed by atoms with Crippen LogP contribution in [0, 0.1) is 6.92 Å². The van der Waals surface area contributed by atoms with Crippen molar-refractivity contribution in [2.24, 2.45) is 5.73 Å². The van der Waals surface area contributed by atoms with Crippen LogP contribution in [0.3, 0.4) is 0 Å². The molecule has 1 amide bonds. The lowest BCUT2D eigenvalue weighted by Gasteiger charge is -2.38. The molecule has 5 heteroatoms. The molecule has 0 aromatic heterocycles. The summed E-state index contributed by atoms with van der Waals surface area (Å²) in [5.74, 6) is 0. The number of hydrogen-bond acceptors (Lipinski definition) is 4. The van der Waals surface area contributed by atoms with Crippen molar-refractivity contribution in [3.05, 3.63) is 95.1 Å². The number of fused-ring (bicyclic) bond motifs is 5. The number of benzene rings is 4. The first-order valence-electron chi connectivity index (χ1n) is 15.7. The Balaban J connectivity index is 1.34. The highest BCUT2D eigenvalue weighted by Crippen LogP contribution is 2.45. The van der Waals surface area contributed by atoms with Gasteiger partial charge in [0.2, 0.25) is 0 Å². The predicted molar refractivity (Wildman–Crippen MR) is 179 cm³/mol. The van der Waals surface area contributed by atoms with Crippen molar-refractivity contribution in [1.29, 1.82) is 0 Å². The summed E-state index contributed by atoms with van der Waals surface area (Å²) >= 11 is 0. The summed E-state index contributed by atoms with van der Waals surface area (Å²) in [5.41, 5.74) is 16.6. The summed E-state index contributed by atoms with van der Waals surface area (Å²) in [6, 6.07) is 22.6. The minimum absolute atomic E-state index is 0.132. The third-order valence-electron chi connectivity index (χ3n) is 9.34. The van der Waals surface area contributed by atoms with Gasteiger partial charge in [-0.25, -0.2) is 4.79 Å². The SMILES string of the molecule is Cc1ccc(-c2ccc3ccccc3c2N2CCN(C(=O)OC(C)(C)C)CC2)c2ccc3c(c12)CCC1=C3C=CCC1N. The van der Waals surface area contributed by atoms with Gasteiger partial charge in [0, 0.05) is 43.2 Å². The van der Waals surface area contributed by atoms with Crippen molar-refractivity contribution in [3.63, 3.8) is 0 Å². The molecule has 1 heterocycles. The third kappa shape index (κ3) is 4.90. The van der Waals surface area contributed by atoms with Crippen molar-refractivity contribution >= 4 is 38.9 Å². The molecular formula is C38H41N3O2. The molecule has 1 unspecified atom stereocenters. The molecule has 4 aromatic carbocycles. The molecule has 0 saturated carbocycles. The van der Waals surface area contributed by atoms with Crippen LogP contribution < -0.4 is 10.6 Å².